The lowest BCUT2D eigenvalue weighted by molar-refractivity contribution is -0.135. The quantitative estimate of drug-likeness (QED) is 0.890. The van der Waals surface area contributed by atoms with Crippen molar-refractivity contribution in [1.82, 2.24) is 9.55 Å². The number of carboxylic acids is 1. The Bertz CT molecular complexity index is 608. The molecule has 6 heteroatoms. The van der Waals surface area contributed by atoms with E-state index in [0.717, 1.165) is 11.4 Å². The molecule has 2 aromatic rings. The Morgan fingerprint density at radius 3 is 2.62 bits per heavy atom. The van der Waals surface area contributed by atoms with E-state index in [2.05, 4.69) is 18.8 Å². The smallest absolute Gasteiger partial charge is 0.323 e. The van der Waals surface area contributed by atoms with Crippen molar-refractivity contribution in [3.8, 4) is 0 Å². The molecule has 1 N–H and O–H groups in total. The fraction of sp³-hybridized carbons (Fsp3) is 0.333. The van der Waals surface area contributed by atoms with Crippen LogP contribution in [0.1, 0.15) is 25.6 Å². The van der Waals surface area contributed by atoms with E-state index in [1.165, 1.54) is 0 Å². The maximum Gasteiger partial charge on any atom is 0.323 e. The van der Waals surface area contributed by atoms with Crippen molar-refractivity contribution >= 4 is 23.3 Å². The number of aromatic nitrogens is 2. The number of benzene rings is 1. The number of nitrogens with zero attached hydrogens (tertiary/aromatic N) is 3. The standard InChI is InChI=1S/C15H18ClN3O2/c1-11(2)19-10-17-7-14(19)8-18(9-15(20)21)13-5-3-12(16)4-6-13/h3-7,10-11H,8-9H2,1-2H3,(H,20,21). The Morgan fingerprint density at radius 1 is 1.38 bits per heavy atom. The number of rotatable bonds is 6. The van der Waals surface area contributed by atoms with Gasteiger partial charge in [0.2, 0.25) is 0 Å². The minimum atomic E-state index is -0.874. The Kier molecular flexibility index (Phi) is 4.85. The number of anilines is 1. The molecule has 1 heterocycles. The molecule has 0 saturated heterocycles. The lowest BCUT2D eigenvalue weighted by atomic mass is 10.2. The molecule has 112 valence electrons. The molecule has 0 aliphatic heterocycles. The summed E-state index contributed by atoms with van der Waals surface area (Å²) >= 11 is 5.88. The van der Waals surface area contributed by atoms with Gasteiger partial charge in [-0.1, -0.05) is 11.6 Å². The van der Waals surface area contributed by atoms with E-state index >= 15 is 0 Å². The van der Waals surface area contributed by atoms with Gasteiger partial charge in [0.25, 0.3) is 0 Å². The number of imidazole rings is 1. The first-order chi connectivity index (χ1) is 9.97. The van der Waals surface area contributed by atoms with E-state index < -0.39 is 5.97 Å². The van der Waals surface area contributed by atoms with Crippen LogP contribution in [0, 0.1) is 0 Å². The molecule has 1 aromatic heterocycles. The molecule has 1 aromatic carbocycles. The molecule has 0 unspecified atom stereocenters. The largest absolute Gasteiger partial charge is 0.480 e. The number of halogens is 1. The molecule has 0 aliphatic carbocycles. The van der Waals surface area contributed by atoms with Crippen molar-refractivity contribution in [3.05, 3.63) is 47.5 Å². The van der Waals surface area contributed by atoms with Gasteiger partial charge in [0.15, 0.2) is 0 Å². The second-order valence-electron chi connectivity index (χ2n) is 5.11. The molecule has 0 amide bonds. The summed E-state index contributed by atoms with van der Waals surface area (Å²) in [4.78, 5) is 17.0. The minimum absolute atomic E-state index is 0.0785. The normalized spacial score (nSPS) is 10.9. The lowest BCUT2D eigenvalue weighted by Crippen LogP contribution is -2.30. The number of carbonyl (C=O) groups is 1. The highest BCUT2D eigenvalue weighted by Crippen LogP contribution is 2.21. The zero-order valence-corrected chi connectivity index (χ0v) is 12.8. The van der Waals surface area contributed by atoms with Gasteiger partial charge < -0.3 is 14.6 Å². The van der Waals surface area contributed by atoms with Gasteiger partial charge in [-0.05, 0) is 38.1 Å². The number of hydrogen-bond acceptors (Lipinski definition) is 3. The topological polar surface area (TPSA) is 58.4 Å². The van der Waals surface area contributed by atoms with E-state index in [1.54, 1.807) is 29.6 Å². The maximum absolute atomic E-state index is 11.1. The van der Waals surface area contributed by atoms with E-state index in [1.807, 2.05) is 16.7 Å². The predicted octanol–water partition coefficient (Wildman–Crippen LogP) is 3.21. The van der Waals surface area contributed by atoms with Crippen molar-refractivity contribution in [2.24, 2.45) is 0 Å². The average Bonchev–Trinajstić information content (AvgIpc) is 2.86. The monoisotopic (exact) mass is 307 g/mol. The molecule has 0 bridgehead atoms. The van der Waals surface area contributed by atoms with E-state index in [4.69, 9.17) is 16.7 Å². The highest BCUT2D eigenvalue weighted by Gasteiger charge is 2.14. The third kappa shape index (κ3) is 3.98. The minimum Gasteiger partial charge on any atom is -0.480 e. The van der Waals surface area contributed by atoms with Gasteiger partial charge in [-0.3, -0.25) is 4.79 Å². The molecule has 0 saturated carbocycles. The molecule has 0 aliphatic rings. The van der Waals surface area contributed by atoms with Crippen molar-refractivity contribution in [2.45, 2.75) is 26.4 Å². The Labute approximate surface area is 128 Å². The molecule has 0 fully saturated rings. The van der Waals surface area contributed by atoms with Crippen LogP contribution in [0.2, 0.25) is 5.02 Å². The summed E-state index contributed by atoms with van der Waals surface area (Å²) in [5.74, 6) is -0.874. The molecule has 2 rings (SSSR count). The van der Waals surface area contributed by atoms with Crippen LogP contribution in [0.5, 0.6) is 0 Å². The Balaban J connectivity index is 2.26. The van der Waals surface area contributed by atoms with Crippen LogP contribution in [-0.2, 0) is 11.3 Å². The third-order valence-corrected chi connectivity index (χ3v) is 3.43. The molecular formula is C15H18ClN3O2. The average molecular weight is 308 g/mol. The number of aliphatic carboxylic acids is 1. The molecule has 0 atom stereocenters. The van der Waals surface area contributed by atoms with Gasteiger partial charge in [-0.25, -0.2) is 4.98 Å². The summed E-state index contributed by atoms with van der Waals surface area (Å²) in [6.07, 6.45) is 3.53. The van der Waals surface area contributed by atoms with Gasteiger partial charge in [0.1, 0.15) is 6.54 Å². The van der Waals surface area contributed by atoms with Gasteiger partial charge in [0, 0.05) is 22.9 Å². The highest BCUT2D eigenvalue weighted by atomic mass is 35.5. The van der Waals surface area contributed by atoms with Crippen molar-refractivity contribution in [1.29, 1.82) is 0 Å². The van der Waals surface area contributed by atoms with Gasteiger partial charge >= 0.3 is 5.97 Å². The SMILES string of the molecule is CC(C)n1cncc1CN(CC(=O)O)c1ccc(Cl)cc1. The predicted molar refractivity (Wildman–Crippen MR) is 82.7 cm³/mol. The van der Waals surface area contributed by atoms with Crippen molar-refractivity contribution in [3.63, 3.8) is 0 Å². The van der Waals surface area contributed by atoms with Crippen LogP contribution < -0.4 is 4.90 Å². The van der Waals surface area contributed by atoms with Crippen LogP contribution in [0.25, 0.3) is 0 Å². The van der Waals surface area contributed by atoms with E-state index in [0.29, 0.717) is 11.6 Å². The van der Waals surface area contributed by atoms with Crippen molar-refractivity contribution < 1.29 is 9.90 Å². The first-order valence-electron chi connectivity index (χ1n) is 6.70. The number of hydrogen-bond donors (Lipinski definition) is 1. The summed E-state index contributed by atoms with van der Waals surface area (Å²) in [7, 11) is 0. The molecule has 5 nitrogen and oxygen atoms in total. The summed E-state index contributed by atoms with van der Waals surface area (Å²) in [6.45, 7) is 4.53. The fourth-order valence-corrected chi connectivity index (χ4v) is 2.29. The zero-order chi connectivity index (χ0) is 15.4. The van der Waals surface area contributed by atoms with E-state index in [-0.39, 0.29) is 12.6 Å². The molecule has 21 heavy (non-hydrogen) atoms. The molecular weight excluding hydrogens is 290 g/mol. The summed E-state index contributed by atoms with van der Waals surface area (Å²) in [5, 5.41) is 9.74. The van der Waals surface area contributed by atoms with Crippen LogP contribution >= 0.6 is 11.6 Å². The van der Waals surface area contributed by atoms with Gasteiger partial charge in [-0.15, -0.1) is 0 Å². The first-order valence-corrected chi connectivity index (χ1v) is 7.08. The summed E-state index contributed by atoms with van der Waals surface area (Å²) in [6, 6.07) is 7.43. The summed E-state index contributed by atoms with van der Waals surface area (Å²) in [5.41, 5.74) is 1.79. The van der Waals surface area contributed by atoms with Crippen molar-refractivity contribution in [2.75, 3.05) is 11.4 Å². The van der Waals surface area contributed by atoms with Crippen LogP contribution in [0.15, 0.2) is 36.8 Å². The first kappa shape index (κ1) is 15.4. The highest BCUT2D eigenvalue weighted by molar-refractivity contribution is 6.30. The lowest BCUT2D eigenvalue weighted by Gasteiger charge is -2.24. The van der Waals surface area contributed by atoms with Crippen LogP contribution in [-0.4, -0.2) is 27.2 Å². The second kappa shape index (κ2) is 6.63. The molecule has 0 spiro atoms. The van der Waals surface area contributed by atoms with Gasteiger partial charge in [-0.2, -0.15) is 0 Å². The fourth-order valence-electron chi connectivity index (χ4n) is 2.17. The van der Waals surface area contributed by atoms with Gasteiger partial charge in [0.05, 0.1) is 18.6 Å². The third-order valence-electron chi connectivity index (χ3n) is 3.17. The van der Waals surface area contributed by atoms with Crippen LogP contribution in [0.4, 0.5) is 5.69 Å². The Hall–Kier alpha value is -2.01. The molecule has 0 radical (unpaired) electrons. The number of carboxylic acid groups (broad SMARTS) is 1. The second-order valence-corrected chi connectivity index (χ2v) is 5.55. The summed E-state index contributed by atoms with van der Waals surface area (Å²) < 4.78 is 2.03. The Morgan fingerprint density at radius 2 is 2.05 bits per heavy atom. The zero-order valence-electron chi connectivity index (χ0n) is 12.0. The van der Waals surface area contributed by atoms with E-state index in [9.17, 15) is 4.79 Å². The maximum atomic E-state index is 11.1. The van der Waals surface area contributed by atoms with Crippen LogP contribution in [0.3, 0.4) is 0 Å².